The fourth-order valence-electron chi connectivity index (χ4n) is 1.74. The summed E-state index contributed by atoms with van der Waals surface area (Å²) >= 11 is 0. The normalized spacial score (nSPS) is 24.7. The lowest BCUT2D eigenvalue weighted by atomic mass is 9.95. The number of amides is 1. The molecule has 1 aliphatic heterocycles. The molecule has 0 spiro atoms. The van der Waals surface area contributed by atoms with Crippen LogP contribution in [0.25, 0.3) is 0 Å². The van der Waals surface area contributed by atoms with Gasteiger partial charge in [0, 0.05) is 19.0 Å². The molecule has 1 aliphatic rings. The minimum absolute atomic E-state index is 0.0855. The summed E-state index contributed by atoms with van der Waals surface area (Å²) < 4.78 is 0. The molecule has 1 amide bonds. The molecule has 0 bridgehead atoms. The summed E-state index contributed by atoms with van der Waals surface area (Å²) in [5.74, 6) is 0.447. The fourth-order valence-corrected chi connectivity index (χ4v) is 1.74. The highest BCUT2D eigenvalue weighted by Gasteiger charge is 2.26. The van der Waals surface area contributed by atoms with E-state index in [4.69, 9.17) is 5.11 Å². The van der Waals surface area contributed by atoms with Crippen LogP contribution in [-0.4, -0.2) is 35.6 Å². The van der Waals surface area contributed by atoms with Gasteiger partial charge in [-0.2, -0.15) is 0 Å². The van der Waals surface area contributed by atoms with E-state index in [9.17, 15) is 4.79 Å². The Morgan fingerprint density at radius 3 is 3.00 bits per heavy atom. The van der Waals surface area contributed by atoms with Gasteiger partial charge in [-0.3, -0.25) is 4.79 Å². The number of carbonyl (C=O) groups is 1. The van der Waals surface area contributed by atoms with Crippen LogP contribution >= 0.6 is 0 Å². The van der Waals surface area contributed by atoms with E-state index in [1.165, 1.54) is 0 Å². The summed E-state index contributed by atoms with van der Waals surface area (Å²) in [6.45, 7) is 3.47. The lowest BCUT2D eigenvalue weighted by Gasteiger charge is -2.31. The van der Waals surface area contributed by atoms with Gasteiger partial charge in [-0.1, -0.05) is 6.92 Å². The van der Waals surface area contributed by atoms with E-state index >= 15 is 0 Å². The molecule has 12 heavy (non-hydrogen) atoms. The number of piperidine rings is 1. The molecule has 0 radical (unpaired) electrons. The van der Waals surface area contributed by atoms with Gasteiger partial charge < -0.3 is 10.0 Å². The van der Waals surface area contributed by atoms with Gasteiger partial charge in [0.2, 0.25) is 5.91 Å². The molecule has 1 atom stereocenters. The number of likely N-dealkylation sites (tertiary alicyclic amines) is 1. The van der Waals surface area contributed by atoms with Gasteiger partial charge in [-0.15, -0.1) is 0 Å². The third kappa shape index (κ3) is 1.97. The highest BCUT2D eigenvalue weighted by Crippen LogP contribution is 2.20. The third-order valence-corrected chi connectivity index (χ3v) is 2.50. The van der Waals surface area contributed by atoms with Crippen molar-refractivity contribution in [2.24, 2.45) is 5.92 Å². The molecule has 3 nitrogen and oxygen atoms in total. The van der Waals surface area contributed by atoms with Crippen LogP contribution in [0.1, 0.15) is 26.2 Å². The molecule has 70 valence electrons. The summed E-state index contributed by atoms with van der Waals surface area (Å²) in [6, 6.07) is 0. The Morgan fingerprint density at radius 2 is 2.42 bits per heavy atom. The maximum Gasteiger partial charge on any atom is 0.225 e. The molecule has 3 heteroatoms. The van der Waals surface area contributed by atoms with E-state index in [0.29, 0.717) is 6.54 Å². The molecular weight excluding hydrogens is 154 g/mol. The molecule has 1 N–H and O–H groups in total. The molecule has 1 heterocycles. The quantitative estimate of drug-likeness (QED) is 0.676. The van der Waals surface area contributed by atoms with Gasteiger partial charge in [0.15, 0.2) is 0 Å². The lowest BCUT2D eigenvalue weighted by molar-refractivity contribution is -0.139. The highest BCUT2D eigenvalue weighted by atomic mass is 16.3. The predicted octanol–water partition coefficient (Wildman–Crippen LogP) is 0.627. The minimum atomic E-state index is 0.0855. The zero-order chi connectivity index (χ0) is 8.97. The zero-order valence-corrected chi connectivity index (χ0v) is 7.62. The second-order valence-corrected chi connectivity index (χ2v) is 3.30. The molecule has 0 saturated carbocycles. The van der Waals surface area contributed by atoms with Crippen LogP contribution < -0.4 is 0 Å². The average molecular weight is 171 g/mol. The Balaban J connectivity index is 2.47. The predicted molar refractivity (Wildman–Crippen MR) is 46.7 cm³/mol. The largest absolute Gasteiger partial charge is 0.395 e. The number of nitrogens with zero attached hydrogens (tertiary/aromatic N) is 1. The van der Waals surface area contributed by atoms with Gasteiger partial charge >= 0.3 is 0 Å². The van der Waals surface area contributed by atoms with E-state index in [-0.39, 0.29) is 18.4 Å². The van der Waals surface area contributed by atoms with Crippen LogP contribution in [0.2, 0.25) is 0 Å². The van der Waals surface area contributed by atoms with Crippen molar-refractivity contribution in [3.8, 4) is 0 Å². The second-order valence-electron chi connectivity index (χ2n) is 3.30. The topological polar surface area (TPSA) is 40.5 Å². The van der Waals surface area contributed by atoms with Crippen LogP contribution in [0.3, 0.4) is 0 Å². The van der Waals surface area contributed by atoms with Gasteiger partial charge in [-0.05, 0) is 19.3 Å². The summed E-state index contributed by atoms with van der Waals surface area (Å²) in [7, 11) is 0. The van der Waals surface area contributed by atoms with Crippen molar-refractivity contribution in [1.82, 2.24) is 4.90 Å². The standard InChI is InChI=1S/C9H17NO2/c1-2-8-4-3-5-10(6-7-11)9(8)12/h8,11H,2-7H2,1H3/t8-/m1/s1. The first kappa shape index (κ1) is 9.52. The van der Waals surface area contributed by atoms with E-state index in [2.05, 4.69) is 0 Å². The number of β-amino-alcohol motifs (C(OH)–C–C–N with tert-alkyl or cyclic N) is 1. The average Bonchev–Trinajstić information content (AvgIpc) is 2.09. The monoisotopic (exact) mass is 171 g/mol. The first-order chi connectivity index (χ1) is 5.79. The molecule has 0 aromatic heterocycles. The van der Waals surface area contributed by atoms with Crippen molar-refractivity contribution in [3.05, 3.63) is 0 Å². The van der Waals surface area contributed by atoms with E-state index in [0.717, 1.165) is 25.8 Å². The Kier molecular flexibility index (Phi) is 3.53. The Bertz CT molecular complexity index is 157. The Morgan fingerprint density at radius 1 is 1.67 bits per heavy atom. The summed E-state index contributed by atoms with van der Waals surface area (Å²) in [6.07, 6.45) is 3.04. The molecule has 1 rings (SSSR count). The van der Waals surface area contributed by atoms with Gasteiger partial charge in [0.05, 0.1) is 6.61 Å². The van der Waals surface area contributed by atoms with Crippen LogP contribution in [0.5, 0.6) is 0 Å². The minimum Gasteiger partial charge on any atom is -0.395 e. The maximum atomic E-state index is 11.6. The molecule has 0 aromatic rings. The highest BCUT2D eigenvalue weighted by molar-refractivity contribution is 5.79. The molecule has 0 aliphatic carbocycles. The van der Waals surface area contributed by atoms with Crippen molar-refractivity contribution >= 4 is 5.91 Å². The first-order valence-electron chi connectivity index (χ1n) is 4.69. The van der Waals surface area contributed by atoms with Crippen LogP contribution in [0.15, 0.2) is 0 Å². The first-order valence-corrected chi connectivity index (χ1v) is 4.69. The Hall–Kier alpha value is -0.570. The molecular formula is C9H17NO2. The fraction of sp³-hybridized carbons (Fsp3) is 0.889. The van der Waals surface area contributed by atoms with Crippen molar-refractivity contribution in [3.63, 3.8) is 0 Å². The summed E-state index contributed by atoms with van der Waals surface area (Å²) in [4.78, 5) is 13.3. The van der Waals surface area contributed by atoms with Crippen LogP contribution in [0.4, 0.5) is 0 Å². The lowest BCUT2D eigenvalue weighted by Crippen LogP contribution is -2.42. The number of aliphatic hydroxyl groups is 1. The van der Waals surface area contributed by atoms with Gasteiger partial charge in [0.1, 0.15) is 0 Å². The van der Waals surface area contributed by atoms with E-state index < -0.39 is 0 Å². The maximum absolute atomic E-state index is 11.6. The molecule has 1 fully saturated rings. The van der Waals surface area contributed by atoms with Crippen LogP contribution in [-0.2, 0) is 4.79 Å². The smallest absolute Gasteiger partial charge is 0.225 e. The number of hydrogen-bond acceptors (Lipinski definition) is 2. The second kappa shape index (κ2) is 4.45. The van der Waals surface area contributed by atoms with Gasteiger partial charge in [0.25, 0.3) is 0 Å². The SMILES string of the molecule is CC[C@@H]1CCCN(CCO)C1=O. The number of aliphatic hydroxyl groups excluding tert-OH is 1. The number of carbonyl (C=O) groups excluding carboxylic acids is 1. The van der Waals surface area contributed by atoms with Crippen molar-refractivity contribution in [2.75, 3.05) is 19.7 Å². The molecule has 1 saturated heterocycles. The Labute approximate surface area is 73.4 Å². The third-order valence-electron chi connectivity index (χ3n) is 2.50. The molecule has 0 aromatic carbocycles. The zero-order valence-electron chi connectivity index (χ0n) is 7.62. The van der Waals surface area contributed by atoms with Crippen LogP contribution in [0, 0.1) is 5.92 Å². The van der Waals surface area contributed by atoms with Crippen molar-refractivity contribution < 1.29 is 9.90 Å². The van der Waals surface area contributed by atoms with Gasteiger partial charge in [-0.25, -0.2) is 0 Å². The van der Waals surface area contributed by atoms with Crippen molar-refractivity contribution in [1.29, 1.82) is 0 Å². The number of hydrogen-bond donors (Lipinski definition) is 1. The van der Waals surface area contributed by atoms with E-state index in [1.807, 2.05) is 6.92 Å². The van der Waals surface area contributed by atoms with E-state index in [1.54, 1.807) is 4.90 Å². The summed E-state index contributed by atoms with van der Waals surface area (Å²) in [5, 5.41) is 8.70. The molecule has 0 unspecified atom stereocenters. The summed E-state index contributed by atoms with van der Waals surface area (Å²) in [5.41, 5.74) is 0. The van der Waals surface area contributed by atoms with Crippen molar-refractivity contribution in [2.45, 2.75) is 26.2 Å². The number of rotatable bonds is 3.